The van der Waals surface area contributed by atoms with Crippen molar-refractivity contribution in [2.45, 2.75) is 13.3 Å². The number of hydrogen-bond donors (Lipinski definition) is 2. The molecule has 2 N–H and O–H groups in total. The first-order valence-corrected chi connectivity index (χ1v) is 5.80. The molecule has 0 spiro atoms. The first kappa shape index (κ1) is 13.8. The predicted molar refractivity (Wildman–Crippen MR) is 61.8 cm³/mol. The van der Waals surface area contributed by atoms with E-state index in [9.17, 15) is 9.59 Å². The average molecular weight is 244 g/mol. The molecular weight excluding hydrogens is 224 g/mol. The summed E-state index contributed by atoms with van der Waals surface area (Å²) in [6.07, 6.45) is 0.783. The van der Waals surface area contributed by atoms with Gasteiger partial charge in [-0.15, -0.1) is 0 Å². The molecule has 1 unspecified atom stereocenters. The second-order valence-electron chi connectivity index (χ2n) is 4.37. The Bertz CT molecular complexity index is 277. The molecule has 0 aromatic heterocycles. The lowest BCUT2D eigenvalue weighted by Crippen LogP contribution is -2.56. The number of nitrogens with zero attached hydrogens (tertiary/aromatic N) is 1. The quantitative estimate of drug-likeness (QED) is 0.662. The Kier molecular flexibility index (Phi) is 5.21. The molecule has 0 aromatic rings. The number of carbonyl (C=O) groups excluding carboxylic acids is 1. The van der Waals surface area contributed by atoms with Crippen molar-refractivity contribution in [3.8, 4) is 0 Å². The third kappa shape index (κ3) is 3.89. The van der Waals surface area contributed by atoms with E-state index in [1.54, 1.807) is 18.9 Å². The lowest BCUT2D eigenvalue weighted by Gasteiger charge is -2.41. The van der Waals surface area contributed by atoms with Crippen LogP contribution in [0.25, 0.3) is 0 Å². The number of hydrogen-bond acceptors (Lipinski definition) is 3. The van der Waals surface area contributed by atoms with Crippen molar-refractivity contribution in [2.75, 3.05) is 33.4 Å². The van der Waals surface area contributed by atoms with Crippen LogP contribution < -0.4 is 5.32 Å². The standard InChI is InChI=1S/C11H20N2O4/c1-8(10(14)15)9-6-13(7-9)11(16)12-4-3-5-17-2/h8-9H,3-7H2,1-2H3,(H,12,16)(H,14,15). The number of carboxylic acids is 1. The number of rotatable bonds is 6. The Balaban J connectivity index is 2.14. The third-order valence-electron chi connectivity index (χ3n) is 3.10. The molecule has 1 atom stereocenters. The molecule has 17 heavy (non-hydrogen) atoms. The Morgan fingerprint density at radius 1 is 1.53 bits per heavy atom. The topological polar surface area (TPSA) is 78.9 Å². The highest BCUT2D eigenvalue weighted by atomic mass is 16.5. The van der Waals surface area contributed by atoms with Gasteiger partial charge < -0.3 is 20.1 Å². The highest BCUT2D eigenvalue weighted by molar-refractivity contribution is 5.76. The second kappa shape index (κ2) is 6.44. The molecule has 6 nitrogen and oxygen atoms in total. The van der Waals surface area contributed by atoms with Gasteiger partial charge in [-0.25, -0.2) is 4.79 Å². The fourth-order valence-corrected chi connectivity index (χ4v) is 1.72. The Morgan fingerprint density at radius 3 is 2.71 bits per heavy atom. The fraction of sp³-hybridized carbons (Fsp3) is 0.818. The number of methoxy groups -OCH3 is 1. The number of ether oxygens (including phenoxy) is 1. The zero-order valence-corrected chi connectivity index (χ0v) is 10.3. The Morgan fingerprint density at radius 2 is 2.18 bits per heavy atom. The van der Waals surface area contributed by atoms with Crippen molar-refractivity contribution in [3.63, 3.8) is 0 Å². The van der Waals surface area contributed by atoms with Crippen molar-refractivity contribution >= 4 is 12.0 Å². The van der Waals surface area contributed by atoms with E-state index in [2.05, 4.69) is 5.32 Å². The third-order valence-corrected chi connectivity index (χ3v) is 3.10. The molecule has 0 radical (unpaired) electrons. The van der Waals surface area contributed by atoms with Gasteiger partial charge in [-0.2, -0.15) is 0 Å². The zero-order valence-electron chi connectivity index (χ0n) is 10.3. The minimum absolute atomic E-state index is 0.0808. The van der Waals surface area contributed by atoms with Gasteiger partial charge in [0.2, 0.25) is 0 Å². The van der Waals surface area contributed by atoms with Gasteiger partial charge in [-0.05, 0) is 6.42 Å². The molecule has 6 heteroatoms. The van der Waals surface area contributed by atoms with Gasteiger partial charge in [-0.3, -0.25) is 4.79 Å². The summed E-state index contributed by atoms with van der Waals surface area (Å²) >= 11 is 0. The molecule has 2 amide bonds. The Hall–Kier alpha value is -1.30. The number of carbonyl (C=O) groups is 2. The van der Waals surface area contributed by atoms with Crippen LogP contribution in [0.2, 0.25) is 0 Å². The van der Waals surface area contributed by atoms with Crippen molar-refractivity contribution in [1.29, 1.82) is 0 Å². The molecule has 1 aliphatic rings. The first-order valence-electron chi connectivity index (χ1n) is 5.80. The minimum atomic E-state index is -0.796. The SMILES string of the molecule is COCCCNC(=O)N1CC(C(C)C(=O)O)C1. The van der Waals surface area contributed by atoms with E-state index in [0.717, 1.165) is 6.42 Å². The number of carboxylic acid groups (broad SMARTS) is 1. The Labute approximate surface area is 101 Å². The maximum absolute atomic E-state index is 11.6. The van der Waals surface area contributed by atoms with Crippen LogP contribution in [0, 0.1) is 11.8 Å². The van der Waals surface area contributed by atoms with Crippen molar-refractivity contribution in [1.82, 2.24) is 10.2 Å². The van der Waals surface area contributed by atoms with E-state index >= 15 is 0 Å². The van der Waals surface area contributed by atoms with Crippen LogP contribution in [-0.2, 0) is 9.53 Å². The van der Waals surface area contributed by atoms with Crippen LogP contribution in [0.1, 0.15) is 13.3 Å². The lowest BCUT2D eigenvalue weighted by atomic mass is 9.87. The number of urea groups is 1. The molecule has 1 fully saturated rings. The number of amides is 2. The summed E-state index contributed by atoms with van der Waals surface area (Å²) in [5.41, 5.74) is 0. The first-order chi connectivity index (χ1) is 8.06. The van der Waals surface area contributed by atoms with Crippen LogP contribution in [0.15, 0.2) is 0 Å². The summed E-state index contributed by atoms with van der Waals surface area (Å²) in [6, 6.07) is -0.116. The molecule has 1 saturated heterocycles. The van der Waals surface area contributed by atoms with Crippen molar-refractivity contribution in [2.24, 2.45) is 11.8 Å². The molecule has 1 rings (SSSR count). The van der Waals surface area contributed by atoms with Crippen LogP contribution in [-0.4, -0.2) is 55.4 Å². The van der Waals surface area contributed by atoms with E-state index in [0.29, 0.717) is 26.2 Å². The average Bonchev–Trinajstić information content (AvgIpc) is 2.22. The molecule has 0 aliphatic carbocycles. The molecular formula is C11H20N2O4. The summed E-state index contributed by atoms with van der Waals surface area (Å²) in [6.45, 7) is 3.95. The number of aliphatic carboxylic acids is 1. The fourth-order valence-electron chi connectivity index (χ4n) is 1.72. The monoisotopic (exact) mass is 244 g/mol. The van der Waals surface area contributed by atoms with E-state index in [4.69, 9.17) is 9.84 Å². The van der Waals surface area contributed by atoms with E-state index < -0.39 is 5.97 Å². The van der Waals surface area contributed by atoms with Crippen LogP contribution in [0.3, 0.4) is 0 Å². The summed E-state index contributed by atoms with van der Waals surface area (Å²) in [5, 5.41) is 11.6. The molecule has 1 aliphatic heterocycles. The van der Waals surface area contributed by atoms with Crippen LogP contribution in [0.5, 0.6) is 0 Å². The predicted octanol–water partition coefficient (Wildman–Crippen LogP) is 0.385. The number of likely N-dealkylation sites (tertiary alicyclic amines) is 1. The van der Waals surface area contributed by atoms with Gasteiger partial charge >= 0.3 is 12.0 Å². The second-order valence-corrected chi connectivity index (χ2v) is 4.37. The maximum atomic E-state index is 11.6. The van der Waals surface area contributed by atoms with Gasteiger partial charge in [0, 0.05) is 39.3 Å². The van der Waals surface area contributed by atoms with E-state index in [-0.39, 0.29) is 17.9 Å². The van der Waals surface area contributed by atoms with Gasteiger partial charge in [0.05, 0.1) is 5.92 Å². The molecule has 98 valence electrons. The molecule has 0 bridgehead atoms. The number of nitrogens with one attached hydrogen (secondary N) is 1. The lowest BCUT2D eigenvalue weighted by molar-refractivity contribution is -0.144. The van der Waals surface area contributed by atoms with E-state index in [1.807, 2.05) is 0 Å². The molecule has 1 heterocycles. The summed E-state index contributed by atoms with van der Waals surface area (Å²) in [7, 11) is 1.62. The van der Waals surface area contributed by atoms with Gasteiger partial charge in [0.25, 0.3) is 0 Å². The summed E-state index contributed by atoms with van der Waals surface area (Å²) in [4.78, 5) is 23.9. The van der Waals surface area contributed by atoms with Crippen molar-refractivity contribution in [3.05, 3.63) is 0 Å². The highest BCUT2D eigenvalue weighted by Crippen LogP contribution is 2.23. The summed E-state index contributed by atoms with van der Waals surface area (Å²) < 4.78 is 4.87. The van der Waals surface area contributed by atoms with Gasteiger partial charge in [0.1, 0.15) is 0 Å². The smallest absolute Gasteiger partial charge is 0.317 e. The largest absolute Gasteiger partial charge is 0.481 e. The van der Waals surface area contributed by atoms with E-state index in [1.165, 1.54) is 0 Å². The normalized spacial score (nSPS) is 17.4. The zero-order chi connectivity index (χ0) is 12.8. The van der Waals surface area contributed by atoms with Crippen LogP contribution >= 0.6 is 0 Å². The van der Waals surface area contributed by atoms with Gasteiger partial charge in [-0.1, -0.05) is 6.92 Å². The summed E-state index contributed by atoms with van der Waals surface area (Å²) in [5.74, 6) is -1.10. The molecule has 0 aromatic carbocycles. The van der Waals surface area contributed by atoms with Crippen molar-refractivity contribution < 1.29 is 19.4 Å². The van der Waals surface area contributed by atoms with Gasteiger partial charge in [0.15, 0.2) is 0 Å². The minimum Gasteiger partial charge on any atom is -0.481 e. The van der Waals surface area contributed by atoms with Crippen LogP contribution in [0.4, 0.5) is 4.79 Å². The molecule has 0 saturated carbocycles. The maximum Gasteiger partial charge on any atom is 0.317 e. The highest BCUT2D eigenvalue weighted by Gasteiger charge is 2.36.